The van der Waals surface area contributed by atoms with Crippen molar-refractivity contribution in [1.29, 1.82) is 0 Å². The summed E-state index contributed by atoms with van der Waals surface area (Å²) in [6.07, 6.45) is 1.74. The van der Waals surface area contributed by atoms with Crippen molar-refractivity contribution in [2.75, 3.05) is 50.0 Å². The Morgan fingerprint density at radius 1 is 1.22 bits per heavy atom. The standard InChI is InChI=1S/C27H27ClFN5O3/c1-16-13-24(27(36)30-7-8-34-9-11-37-12-10-34)32-23(16)15-18-25-21(3-2-4-22(25)33-26(18)35)31-17-5-6-20(29)19(28)14-17/h2-6,13-15,31-32H,7-12H2,1H3,(H,30,36)(H,33,35)/b18-15-. The minimum Gasteiger partial charge on any atom is -0.379 e. The topological polar surface area (TPSA) is 98.5 Å². The minimum atomic E-state index is -0.508. The Labute approximate surface area is 218 Å². The molecule has 1 saturated heterocycles. The summed E-state index contributed by atoms with van der Waals surface area (Å²) >= 11 is 5.94. The second kappa shape index (κ2) is 10.8. The van der Waals surface area contributed by atoms with E-state index in [1.54, 1.807) is 18.2 Å². The van der Waals surface area contributed by atoms with E-state index in [1.165, 1.54) is 12.1 Å². The Balaban J connectivity index is 1.35. The van der Waals surface area contributed by atoms with Crippen LogP contribution in [0.3, 0.4) is 0 Å². The van der Waals surface area contributed by atoms with E-state index >= 15 is 0 Å². The van der Waals surface area contributed by atoms with Gasteiger partial charge >= 0.3 is 0 Å². The largest absolute Gasteiger partial charge is 0.379 e. The summed E-state index contributed by atoms with van der Waals surface area (Å²) in [5.41, 5.74) is 4.95. The van der Waals surface area contributed by atoms with Crippen LogP contribution in [0, 0.1) is 12.7 Å². The van der Waals surface area contributed by atoms with Crippen molar-refractivity contribution in [2.24, 2.45) is 0 Å². The predicted molar refractivity (Wildman–Crippen MR) is 143 cm³/mol. The van der Waals surface area contributed by atoms with E-state index in [9.17, 15) is 14.0 Å². The van der Waals surface area contributed by atoms with Crippen LogP contribution in [-0.2, 0) is 9.53 Å². The van der Waals surface area contributed by atoms with Gasteiger partial charge in [-0.15, -0.1) is 0 Å². The highest BCUT2D eigenvalue weighted by molar-refractivity contribution is 6.36. The number of aromatic amines is 1. The summed E-state index contributed by atoms with van der Waals surface area (Å²) in [6.45, 7) is 6.34. The minimum absolute atomic E-state index is 0.000282. The summed E-state index contributed by atoms with van der Waals surface area (Å²) in [6, 6.07) is 11.6. The molecule has 192 valence electrons. The molecule has 4 N–H and O–H groups in total. The maximum Gasteiger partial charge on any atom is 0.267 e. The van der Waals surface area contributed by atoms with E-state index in [1.807, 2.05) is 25.1 Å². The second-order valence-corrected chi connectivity index (χ2v) is 9.39. The molecule has 0 atom stereocenters. The number of H-pyrrole nitrogens is 1. The number of halogens is 2. The summed E-state index contributed by atoms with van der Waals surface area (Å²) in [5.74, 6) is -0.967. The molecule has 10 heteroatoms. The van der Waals surface area contributed by atoms with Gasteiger partial charge in [0.1, 0.15) is 11.5 Å². The van der Waals surface area contributed by atoms with Gasteiger partial charge in [0, 0.05) is 48.8 Å². The maximum absolute atomic E-state index is 13.6. The monoisotopic (exact) mass is 523 g/mol. The van der Waals surface area contributed by atoms with Gasteiger partial charge in [-0.1, -0.05) is 17.7 Å². The number of nitrogens with zero attached hydrogens (tertiary/aromatic N) is 1. The van der Waals surface area contributed by atoms with Gasteiger partial charge in [0.2, 0.25) is 0 Å². The van der Waals surface area contributed by atoms with E-state index in [-0.39, 0.29) is 16.8 Å². The van der Waals surface area contributed by atoms with Crippen LogP contribution < -0.4 is 16.0 Å². The lowest BCUT2D eigenvalue weighted by molar-refractivity contribution is -0.110. The number of morpholine rings is 1. The van der Waals surface area contributed by atoms with Crippen molar-refractivity contribution in [3.63, 3.8) is 0 Å². The third-order valence-corrected chi connectivity index (χ3v) is 6.72. The van der Waals surface area contributed by atoms with Crippen LogP contribution in [0.5, 0.6) is 0 Å². The molecule has 2 aliphatic rings. The van der Waals surface area contributed by atoms with E-state index in [2.05, 4.69) is 25.8 Å². The van der Waals surface area contributed by atoms with Gasteiger partial charge in [0.15, 0.2) is 0 Å². The number of hydrogen-bond donors (Lipinski definition) is 4. The SMILES string of the molecule is Cc1cc(C(=O)NCCN2CCOCC2)[nH]c1/C=C1\C(=O)Nc2cccc(Nc3ccc(F)c(Cl)c3)c21. The van der Waals surface area contributed by atoms with Gasteiger partial charge in [-0.2, -0.15) is 0 Å². The zero-order valence-electron chi connectivity index (χ0n) is 20.3. The van der Waals surface area contributed by atoms with Crippen molar-refractivity contribution in [3.05, 3.63) is 75.8 Å². The number of ether oxygens (including phenoxy) is 1. The molecule has 0 saturated carbocycles. The first-order chi connectivity index (χ1) is 17.9. The lowest BCUT2D eigenvalue weighted by Crippen LogP contribution is -2.41. The summed E-state index contributed by atoms with van der Waals surface area (Å²) < 4.78 is 19.0. The number of hydrogen-bond acceptors (Lipinski definition) is 5. The number of aryl methyl sites for hydroxylation is 1. The third kappa shape index (κ3) is 5.53. The molecule has 1 aromatic heterocycles. The molecule has 37 heavy (non-hydrogen) atoms. The zero-order chi connectivity index (χ0) is 25.9. The van der Waals surface area contributed by atoms with Crippen LogP contribution >= 0.6 is 11.6 Å². The molecule has 0 radical (unpaired) electrons. The molecule has 5 rings (SSSR count). The molecular formula is C27H27ClFN5O3. The average molecular weight is 524 g/mol. The molecule has 2 amide bonds. The normalized spacial score (nSPS) is 16.5. The van der Waals surface area contributed by atoms with Crippen molar-refractivity contribution in [1.82, 2.24) is 15.2 Å². The van der Waals surface area contributed by atoms with E-state index < -0.39 is 5.82 Å². The Kier molecular flexibility index (Phi) is 7.27. The molecule has 3 aromatic rings. The summed E-state index contributed by atoms with van der Waals surface area (Å²) in [7, 11) is 0. The predicted octanol–water partition coefficient (Wildman–Crippen LogP) is 4.41. The number of aromatic nitrogens is 1. The Morgan fingerprint density at radius 2 is 2.03 bits per heavy atom. The molecule has 0 aliphatic carbocycles. The van der Waals surface area contributed by atoms with Gasteiger partial charge in [-0.25, -0.2) is 4.39 Å². The first-order valence-electron chi connectivity index (χ1n) is 12.1. The Hall–Kier alpha value is -3.66. The molecule has 3 heterocycles. The first kappa shape index (κ1) is 25.0. The third-order valence-electron chi connectivity index (χ3n) is 6.43. The molecule has 0 unspecified atom stereocenters. The highest BCUT2D eigenvalue weighted by atomic mass is 35.5. The number of carbonyl (C=O) groups excluding carboxylic acids is 2. The molecule has 2 aromatic carbocycles. The average Bonchev–Trinajstić information content (AvgIpc) is 3.42. The summed E-state index contributed by atoms with van der Waals surface area (Å²) in [5, 5.41) is 9.06. The number of rotatable bonds is 7. The van der Waals surface area contributed by atoms with Crippen LogP contribution in [-0.4, -0.2) is 61.1 Å². The first-order valence-corrected chi connectivity index (χ1v) is 12.4. The second-order valence-electron chi connectivity index (χ2n) is 8.98. The van der Waals surface area contributed by atoms with Gasteiger partial charge in [-0.05, 0) is 55.0 Å². The van der Waals surface area contributed by atoms with E-state index in [0.29, 0.717) is 59.3 Å². The fourth-order valence-electron chi connectivity index (χ4n) is 4.46. The Morgan fingerprint density at radius 3 is 2.81 bits per heavy atom. The van der Waals surface area contributed by atoms with Crippen LogP contribution in [0.25, 0.3) is 11.6 Å². The van der Waals surface area contributed by atoms with Crippen LogP contribution in [0.15, 0.2) is 42.5 Å². The highest BCUT2D eigenvalue weighted by Crippen LogP contribution is 2.40. The molecule has 2 aliphatic heterocycles. The van der Waals surface area contributed by atoms with Crippen molar-refractivity contribution < 1.29 is 18.7 Å². The lowest BCUT2D eigenvalue weighted by atomic mass is 10.0. The van der Waals surface area contributed by atoms with Gasteiger partial charge in [0.25, 0.3) is 11.8 Å². The number of benzene rings is 2. The van der Waals surface area contributed by atoms with Crippen molar-refractivity contribution in [2.45, 2.75) is 6.92 Å². The quantitative estimate of drug-likeness (QED) is 0.344. The molecular weight excluding hydrogens is 497 g/mol. The van der Waals surface area contributed by atoms with Gasteiger partial charge < -0.3 is 25.7 Å². The van der Waals surface area contributed by atoms with Crippen LogP contribution in [0.4, 0.5) is 21.5 Å². The summed E-state index contributed by atoms with van der Waals surface area (Å²) in [4.78, 5) is 31.0. The number of amides is 2. The number of fused-ring (bicyclic) bond motifs is 1. The van der Waals surface area contributed by atoms with Crippen molar-refractivity contribution >= 4 is 52.1 Å². The smallest absolute Gasteiger partial charge is 0.267 e. The van der Waals surface area contributed by atoms with Crippen molar-refractivity contribution in [3.8, 4) is 0 Å². The van der Waals surface area contributed by atoms with E-state index in [4.69, 9.17) is 16.3 Å². The molecule has 1 fully saturated rings. The number of carbonyl (C=O) groups is 2. The number of nitrogens with one attached hydrogen (secondary N) is 4. The fraction of sp³-hybridized carbons (Fsp3) is 0.259. The molecule has 8 nitrogen and oxygen atoms in total. The van der Waals surface area contributed by atoms with Gasteiger partial charge in [0.05, 0.1) is 29.5 Å². The number of anilines is 3. The van der Waals surface area contributed by atoms with Crippen LogP contribution in [0.1, 0.15) is 27.3 Å². The highest BCUT2D eigenvalue weighted by Gasteiger charge is 2.27. The van der Waals surface area contributed by atoms with E-state index in [0.717, 1.165) is 25.2 Å². The Bertz CT molecular complexity index is 1380. The van der Waals surface area contributed by atoms with Gasteiger partial charge in [-0.3, -0.25) is 14.5 Å². The maximum atomic E-state index is 13.6. The molecule has 0 spiro atoms. The fourth-order valence-corrected chi connectivity index (χ4v) is 4.64. The van der Waals surface area contributed by atoms with Crippen LogP contribution in [0.2, 0.25) is 5.02 Å². The lowest BCUT2D eigenvalue weighted by Gasteiger charge is -2.26. The zero-order valence-corrected chi connectivity index (χ0v) is 21.0. The molecule has 0 bridgehead atoms.